The van der Waals surface area contributed by atoms with E-state index in [1.807, 2.05) is 44.2 Å². The van der Waals surface area contributed by atoms with Crippen molar-refractivity contribution < 1.29 is 20.1 Å². The van der Waals surface area contributed by atoms with Gasteiger partial charge in [-0.25, -0.2) is 4.79 Å². The molecule has 1 aromatic carbocycles. The van der Waals surface area contributed by atoms with Gasteiger partial charge in [0.25, 0.3) is 5.91 Å². The van der Waals surface area contributed by atoms with Gasteiger partial charge in [0.2, 0.25) is 0 Å². The third-order valence-electron chi connectivity index (χ3n) is 3.03. The lowest BCUT2D eigenvalue weighted by Crippen LogP contribution is -2.61. The first-order valence-corrected chi connectivity index (χ1v) is 6.72. The van der Waals surface area contributed by atoms with E-state index in [9.17, 15) is 9.59 Å². The zero-order chi connectivity index (χ0) is 15.1. The van der Waals surface area contributed by atoms with E-state index >= 15 is 0 Å². The Morgan fingerprint density at radius 3 is 2.35 bits per heavy atom. The molecule has 0 bridgehead atoms. The van der Waals surface area contributed by atoms with Crippen molar-refractivity contribution in [2.75, 3.05) is 7.11 Å². The third-order valence-corrected chi connectivity index (χ3v) is 3.03. The average Bonchev–Trinajstić information content (AvgIpc) is 2.45. The third kappa shape index (κ3) is 4.66. The number of methoxy groups -OCH3 is 1. The van der Waals surface area contributed by atoms with E-state index in [-0.39, 0.29) is 11.8 Å². The van der Waals surface area contributed by atoms with Crippen molar-refractivity contribution in [1.82, 2.24) is 5.32 Å². The minimum Gasteiger partial charge on any atom is -0.467 e. The Labute approximate surface area is 119 Å². The molecule has 110 valence electrons. The lowest BCUT2D eigenvalue weighted by Gasteiger charge is -2.19. The van der Waals surface area contributed by atoms with Crippen LogP contribution in [0, 0.1) is 5.92 Å². The van der Waals surface area contributed by atoms with Crippen molar-refractivity contribution in [3.63, 3.8) is 0 Å². The lowest BCUT2D eigenvalue weighted by atomic mass is 10.0. The standard InChI is InChI=1S/C15H22N2O3/c1-10(2)9-12(15(19)20-3)17-14(18)13(16)11-7-5-4-6-8-11/h4-8,10,12-13H,9,16H2,1-3H3,(H,17,18)/p+1/t12-,13+/m0/s1. The van der Waals surface area contributed by atoms with E-state index in [1.165, 1.54) is 7.11 Å². The van der Waals surface area contributed by atoms with Gasteiger partial charge in [0, 0.05) is 5.56 Å². The number of rotatable bonds is 6. The maximum absolute atomic E-state index is 12.2. The summed E-state index contributed by atoms with van der Waals surface area (Å²) in [5.41, 5.74) is 4.68. The van der Waals surface area contributed by atoms with E-state index in [0.717, 1.165) is 5.56 Å². The van der Waals surface area contributed by atoms with Crippen molar-refractivity contribution in [3.05, 3.63) is 35.9 Å². The highest BCUT2D eigenvalue weighted by Crippen LogP contribution is 2.10. The van der Waals surface area contributed by atoms with Crippen LogP contribution >= 0.6 is 0 Å². The topological polar surface area (TPSA) is 83.0 Å². The predicted molar refractivity (Wildman–Crippen MR) is 75.5 cm³/mol. The van der Waals surface area contributed by atoms with Gasteiger partial charge in [0.05, 0.1) is 7.11 Å². The van der Waals surface area contributed by atoms with Crippen LogP contribution in [0.1, 0.15) is 31.9 Å². The monoisotopic (exact) mass is 279 g/mol. The number of esters is 1. The van der Waals surface area contributed by atoms with Crippen LogP contribution in [0.3, 0.4) is 0 Å². The molecular weight excluding hydrogens is 256 g/mol. The largest absolute Gasteiger partial charge is 0.467 e. The summed E-state index contributed by atoms with van der Waals surface area (Å²) >= 11 is 0. The fourth-order valence-electron chi connectivity index (χ4n) is 1.94. The molecule has 0 radical (unpaired) electrons. The number of hydrogen-bond donors (Lipinski definition) is 2. The minimum absolute atomic E-state index is 0.271. The lowest BCUT2D eigenvalue weighted by molar-refractivity contribution is -0.409. The predicted octanol–water partition coefficient (Wildman–Crippen LogP) is 0.674. The fourth-order valence-corrected chi connectivity index (χ4v) is 1.94. The number of quaternary nitrogens is 1. The summed E-state index contributed by atoms with van der Waals surface area (Å²) in [4.78, 5) is 23.9. The summed E-state index contributed by atoms with van der Waals surface area (Å²) in [6.45, 7) is 3.97. The molecule has 1 amide bonds. The van der Waals surface area contributed by atoms with Crippen molar-refractivity contribution in [3.8, 4) is 0 Å². The van der Waals surface area contributed by atoms with Gasteiger partial charge in [-0.1, -0.05) is 44.2 Å². The van der Waals surface area contributed by atoms with Gasteiger partial charge in [0.15, 0.2) is 6.04 Å². The molecule has 2 atom stereocenters. The molecule has 0 aliphatic carbocycles. The summed E-state index contributed by atoms with van der Waals surface area (Å²) in [5, 5.41) is 2.72. The van der Waals surface area contributed by atoms with E-state index in [4.69, 9.17) is 4.74 Å². The molecule has 0 spiro atoms. The van der Waals surface area contributed by atoms with E-state index in [2.05, 4.69) is 11.1 Å². The van der Waals surface area contributed by atoms with E-state index in [1.54, 1.807) is 0 Å². The van der Waals surface area contributed by atoms with Crippen molar-refractivity contribution in [2.24, 2.45) is 5.92 Å². The Kier molecular flexibility index (Phi) is 6.18. The van der Waals surface area contributed by atoms with Crippen LogP contribution in [0.2, 0.25) is 0 Å². The number of nitrogens with one attached hydrogen (secondary N) is 1. The van der Waals surface area contributed by atoms with E-state index in [0.29, 0.717) is 6.42 Å². The number of carbonyl (C=O) groups excluding carboxylic acids is 2. The van der Waals surface area contributed by atoms with Crippen LogP contribution in [0.5, 0.6) is 0 Å². The second-order valence-corrected chi connectivity index (χ2v) is 5.18. The summed E-state index contributed by atoms with van der Waals surface area (Å²) in [5.74, 6) is -0.418. The van der Waals surface area contributed by atoms with Gasteiger partial charge in [-0.3, -0.25) is 4.79 Å². The van der Waals surface area contributed by atoms with Crippen molar-refractivity contribution in [2.45, 2.75) is 32.4 Å². The number of ether oxygens (including phenoxy) is 1. The average molecular weight is 279 g/mol. The maximum Gasteiger partial charge on any atom is 0.328 e. The van der Waals surface area contributed by atoms with Crippen LogP contribution in [0.4, 0.5) is 0 Å². The summed E-state index contributed by atoms with van der Waals surface area (Å²) in [6.07, 6.45) is 0.542. The maximum atomic E-state index is 12.2. The smallest absolute Gasteiger partial charge is 0.328 e. The SMILES string of the molecule is COC(=O)[C@H](CC(C)C)NC(=O)[C@H]([NH3+])c1ccccc1. The molecule has 5 nitrogen and oxygen atoms in total. The minimum atomic E-state index is -0.625. The highest BCUT2D eigenvalue weighted by molar-refractivity contribution is 5.87. The molecule has 0 unspecified atom stereocenters. The zero-order valence-corrected chi connectivity index (χ0v) is 12.3. The fraction of sp³-hybridized carbons (Fsp3) is 0.467. The Morgan fingerprint density at radius 1 is 1.25 bits per heavy atom. The summed E-state index contributed by atoms with van der Waals surface area (Å²) in [7, 11) is 1.32. The van der Waals surface area contributed by atoms with Gasteiger partial charge in [-0.2, -0.15) is 0 Å². The highest BCUT2D eigenvalue weighted by Gasteiger charge is 2.27. The van der Waals surface area contributed by atoms with Crippen LogP contribution < -0.4 is 11.1 Å². The molecule has 20 heavy (non-hydrogen) atoms. The van der Waals surface area contributed by atoms with E-state index < -0.39 is 18.1 Å². The number of carbonyl (C=O) groups is 2. The van der Waals surface area contributed by atoms with Crippen LogP contribution in [-0.2, 0) is 14.3 Å². The highest BCUT2D eigenvalue weighted by atomic mass is 16.5. The van der Waals surface area contributed by atoms with Gasteiger partial charge >= 0.3 is 5.97 Å². The van der Waals surface area contributed by atoms with Crippen LogP contribution in [0.25, 0.3) is 0 Å². The molecule has 0 aliphatic rings. The quantitative estimate of drug-likeness (QED) is 0.751. The van der Waals surface area contributed by atoms with Gasteiger partial charge in [-0.15, -0.1) is 0 Å². The van der Waals surface area contributed by atoms with Crippen molar-refractivity contribution in [1.29, 1.82) is 0 Å². The number of benzene rings is 1. The van der Waals surface area contributed by atoms with Crippen LogP contribution in [0.15, 0.2) is 30.3 Å². The number of hydrogen-bond acceptors (Lipinski definition) is 3. The normalized spacial score (nSPS) is 13.7. The molecule has 0 saturated carbocycles. The summed E-state index contributed by atoms with van der Waals surface area (Å²) in [6, 6.07) is 8.10. The molecule has 4 N–H and O–H groups in total. The molecule has 0 saturated heterocycles. The first-order valence-electron chi connectivity index (χ1n) is 6.72. The second-order valence-electron chi connectivity index (χ2n) is 5.18. The Hall–Kier alpha value is -1.88. The number of amides is 1. The molecular formula is C15H23N2O3+. The molecule has 5 heteroatoms. The van der Waals surface area contributed by atoms with Gasteiger partial charge < -0.3 is 15.8 Å². The molecule has 0 aromatic heterocycles. The summed E-state index contributed by atoms with van der Waals surface area (Å²) < 4.78 is 4.73. The molecule has 0 fully saturated rings. The molecule has 1 aromatic rings. The Bertz CT molecular complexity index is 446. The van der Waals surface area contributed by atoms with Gasteiger partial charge in [0.1, 0.15) is 6.04 Å². The first kappa shape index (κ1) is 16.2. The van der Waals surface area contributed by atoms with Crippen LogP contribution in [-0.4, -0.2) is 25.0 Å². The molecule has 0 heterocycles. The Morgan fingerprint density at radius 2 is 1.85 bits per heavy atom. The second kappa shape index (κ2) is 7.65. The molecule has 1 rings (SSSR count). The molecule has 0 aliphatic heterocycles. The Balaban J connectivity index is 2.72. The van der Waals surface area contributed by atoms with Gasteiger partial charge in [-0.05, 0) is 12.3 Å². The first-order chi connectivity index (χ1) is 9.45. The zero-order valence-electron chi connectivity index (χ0n) is 12.3. The van der Waals surface area contributed by atoms with Crippen molar-refractivity contribution >= 4 is 11.9 Å².